The highest BCUT2D eigenvalue weighted by molar-refractivity contribution is 6.30. The summed E-state index contributed by atoms with van der Waals surface area (Å²) in [7, 11) is 0. The lowest BCUT2D eigenvalue weighted by atomic mass is 9.84. The molecule has 4 aromatic rings. The summed E-state index contributed by atoms with van der Waals surface area (Å²) in [5.74, 6) is 0.0103. The number of hydrogen-bond acceptors (Lipinski definition) is 6. The first-order valence-electron chi connectivity index (χ1n) is 16.4. The minimum absolute atomic E-state index is 0.00442. The zero-order valence-electron chi connectivity index (χ0n) is 26.9. The number of likely N-dealkylation sites (tertiary alicyclic amines) is 1. The van der Waals surface area contributed by atoms with Crippen LogP contribution in [0.2, 0.25) is 5.02 Å². The molecule has 2 fully saturated rings. The van der Waals surface area contributed by atoms with Gasteiger partial charge < -0.3 is 29.9 Å². The number of amides is 1. The maximum atomic E-state index is 11.4. The number of rotatable bonds is 9. The molecule has 8 heteroatoms. The normalized spacial score (nSPS) is 22.9. The second-order valence-corrected chi connectivity index (χ2v) is 13.3. The minimum atomic E-state index is -0.867. The summed E-state index contributed by atoms with van der Waals surface area (Å²) in [6.45, 7) is 6.41. The summed E-state index contributed by atoms with van der Waals surface area (Å²) >= 11 is 6.09. The predicted octanol–water partition coefficient (Wildman–Crippen LogP) is 6.91. The van der Waals surface area contributed by atoms with Gasteiger partial charge in [0, 0.05) is 49.6 Å². The Labute approximate surface area is 282 Å². The van der Waals surface area contributed by atoms with E-state index in [2.05, 4.69) is 53.5 Å². The van der Waals surface area contributed by atoms with Crippen LogP contribution < -0.4 is 5.32 Å². The van der Waals surface area contributed by atoms with Gasteiger partial charge in [0.1, 0.15) is 0 Å². The SMILES string of the molecule is CC(=O)NCc1cccc(-c2ccc([C@H]3O[C@@H](CN4CCC(O)(c5ccc(Cl)cc5)CC4)[C@@H](C)[C@@H](c4ccc(CO)cc4)O3)cc2)c1. The van der Waals surface area contributed by atoms with Crippen molar-refractivity contribution in [1.82, 2.24) is 10.2 Å². The number of aliphatic hydroxyl groups excluding tert-OH is 1. The first kappa shape index (κ1) is 33.3. The smallest absolute Gasteiger partial charge is 0.217 e. The predicted molar refractivity (Wildman–Crippen MR) is 183 cm³/mol. The molecule has 7 nitrogen and oxygen atoms in total. The van der Waals surface area contributed by atoms with Crippen LogP contribution in [0, 0.1) is 5.92 Å². The van der Waals surface area contributed by atoms with Gasteiger partial charge in [-0.2, -0.15) is 0 Å². The molecule has 3 N–H and O–H groups in total. The van der Waals surface area contributed by atoms with Crippen molar-refractivity contribution < 1.29 is 24.5 Å². The second kappa shape index (κ2) is 14.7. The van der Waals surface area contributed by atoms with E-state index in [4.69, 9.17) is 21.1 Å². The van der Waals surface area contributed by atoms with Crippen molar-refractivity contribution in [3.63, 3.8) is 0 Å². The minimum Gasteiger partial charge on any atom is -0.392 e. The van der Waals surface area contributed by atoms with Gasteiger partial charge in [-0.3, -0.25) is 4.79 Å². The molecule has 0 aromatic heterocycles. The van der Waals surface area contributed by atoms with Gasteiger partial charge in [0.2, 0.25) is 5.91 Å². The molecule has 6 rings (SSSR count). The average Bonchev–Trinajstić information content (AvgIpc) is 3.10. The molecule has 0 saturated carbocycles. The van der Waals surface area contributed by atoms with Crippen molar-refractivity contribution in [3.05, 3.63) is 130 Å². The maximum absolute atomic E-state index is 11.4. The van der Waals surface area contributed by atoms with E-state index < -0.39 is 11.9 Å². The van der Waals surface area contributed by atoms with Crippen molar-refractivity contribution in [2.75, 3.05) is 19.6 Å². The lowest BCUT2D eigenvalue weighted by molar-refractivity contribution is -0.277. The van der Waals surface area contributed by atoms with Gasteiger partial charge >= 0.3 is 0 Å². The largest absolute Gasteiger partial charge is 0.392 e. The van der Waals surface area contributed by atoms with Crippen molar-refractivity contribution in [1.29, 1.82) is 0 Å². The standard InChI is InChI=1S/C39H43ClN2O5/c1-26-36(24-42-20-18-39(45,19-21-42)34-14-16-35(40)17-15-34)46-38(47-37(26)31-8-6-28(25-43)7-9-31)32-12-10-30(11-13-32)33-5-3-4-29(22-33)23-41-27(2)44/h3-17,22,26,36-38,43,45H,18-21,23-25H2,1-2H3,(H,41,44)/t26-,36+,37+,38+/m1/s1. The van der Waals surface area contributed by atoms with Gasteiger partial charge in [-0.1, -0.05) is 97.4 Å². The van der Waals surface area contributed by atoms with Crippen LogP contribution in [0.25, 0.3) is 11.1 Å². The molecule has 2 aliphatic rings. The Morgan fingerprint density at radius 2 is 1.57 bits per heavy atom. The summed E-state index contributed by atoms with van der Waals surface area (Å²) in [4.78, 5) is 13.8. The number of aliphatic hydroxyl groups is 2. The number of benzene rings is 4. The third-order valence-corrected chi connectivity index (χ3v) is 9.86. The number of nitrogens with one attached hydrogen (secondary N) is 1. The van der Waals surface area contributed by atoms with E-state index in [1.54, 1.807) is 0 Å². The molecule has 4 atom stereocenters. The fourth-order valence-corrected chi connectivity index (χ4v) is 6.78. The number of carbonyl (C=O) groups excluding carboxylic acids is 1. The van der Waals surface area contributed by atoms with Crippen LogP contribution in [0.3, 0.4) is 0 Å². The number of carbonyl (C=O) groups is 1. The zero-order chi connectivity index (χ0) is 33.0. The van der Waals surface area contributed by atoms with Crippen LogP contribution in [-0.2, 0) is 33.0 Å². The molecular weight excluding hydrogens is 612 g/mol. The quantitative estimate of drug-likeness (QED) is 0.182. The molecule has 0 bridgehead atoms. The molecule has 2 saturated heterocycles. The summed E-state index contributed by atoms with van der Waals surface area (Å²) in [5.41, 5.74) is 6.07. The van der Waals surface area contributed by atoms with E-state index in [0.717, 1.165) is 58.6 Å². The van der Waals surface area contributed by atoms with Crippen LogP contribution in [0.1, 0.15) is 66.9 Å². The molecule has 4 aromatic carbocycles. The zero-order valence-corrected chi connectivity index (χ0v) is 27.7. The molecule has 2 heterocycles. The summed E-state index contributed by atoms with van der Waals surface area (Å²) in [6.07, 6.45) is 0.398. The van der Waals surface area contributed by atoms with E-state index in [0.29, 0.717) is 24.4 Å². The van der Waals surface area contributed by atoms with Crippen LogP contribution in [0.5, 0.6) is 0 Å². The molecule has 2 aliphatic heterocycles. The lowest BCUT2D eigenvalue weighted by Gasteiger charge is -2.45. The highest BCUT2D eigenvalue weighted by atomic mass is 35.5. The Morgan fingerprint density at radius 1 is 0.894 bits per heavy atom. The average molecular weight is 655 g/mol. The van der Waals surface area contributed by atoms with E-state index in [-0.39, 0.29) is 30.6 Å². The fraction of sp³-hybridized carbons (Fsp3) is 0.359. The Balaban J connectivity index is 1.19. The molecule has 0 aliphatic carbocycles. The van der Waals surface area contributed by atoms with Crippen molar-refractivity contribution >= 4 is 17.5 Å². The van der Waals surface area contributed by atoms with Crippen LogP contribution in [0.4, 0.5) is 0 Å². The Kier molecular flexibility index (Phi) is 10.4. The van der Waals surface area contributed by atoms with Crippen LogP contribution >= 0.6 is 11.6 Å². The molecule has 0 radical (unpaired) electrons. The van der Waals surface area contributed by atoms with Crippen molar-refractivity contribution in [3.8, 4) is 11.1 Å². The Bertz CT molecular complexity index is 1640. The topological polar surface area (TPSA) is 91.3 Å². The fourth-order valence-electron chi connectivity index (χ4n) is 6.66. The molecular formula is C39H43ClN2O5. The molecule has 246 valence electrons. The first-order chi connectivity index (χ1) is 22.7. The number of nitrogens with zero attached hydrogens (tertiary/aromatic N) is 1. The van der Waals surface area contributed by atoms with E-state index in [1.807, 2.05) is 60.7 Å². The van der Waals surface area contributed by atoms with Gasteiger partial charge in [-0.25, -0.2) is 0 Å². The molecule has 0 unspecified atom stereocenters. The Hall–Kier alpha value is -3.56. The number of piperidine rings is 1. The summed E-state index contributed by atoms with van der Waals surface area (Å²) in [6, 6.07) is 31.9. The second-order valence-electron chi connectivity index (χ2n) is 12.9. The third-order valence-electron chi connectivity index (χ3n) is 9.61. The lowest BCUT2D eigenvalue weighted by Crippen LogP contribution is -2.49. The van der Waals surface area contributed by atoms with Crippen LogP contribution in [-0.4, -0.2) is 46.8 Å². The van der Waals surface area contributed by atoms with E-state index in [1.165, 1.54) is 6.92 Å². The van der Waals surface area contributed by atoms with E-state index in [9.17, 15) is 15.0 Å². The van der Waals surface area contributed by atoms with E-state index >= 15 is 0 Å². The molecule has 0 spiro atoms. The van der Waals surface area contributed by atoms with Crippen LogP contribution in [0.15, 0.2) is 97.1 Å². The highest BCUT2D eigenvalue weighted by Crippen LogP contribution is 2.43. The van der Waals surface area contributed by atoms with Gasteiger partial charge in [0.15, 0.2) is 6.29 Å². The number of halogens is 1. The van der Waals surface area contributed by atoms with Crippen molar-refractivity contribution in [2.45, 2.75) is 63.9 Å². The Morgan fingerprint density at radius 3 is 2.23 bits per heavy atom. The number of ether oxygens (including phenoxy) is 2. The summed E-state index contributed by atoms with van der Waals surface area (Å²) in [5, 5.41) is 24.6. The third kappa shape index (κ3) is 7.95. The van der Waals surface area contributed by atoms with Crippen molar-refractivity contribution in [2.24, 2.45) is 5.92 Å². The monoisotopic (exact) mass is 654 g/mol. The van der Waals surface area contributed by atoms with Gasteiger partial charge in [0.05, 0.1) is 24.4 Å². The molecule has 1 amide bonds. The van der Waals surface area contributed by atoms with Gasteiger partial charge in [0.25, 0.3) is 0 Å². The number of hydrogen-bond donors (Lipinski definition) is 3. The van der Waals surface area contributed by atoms with Gasteiger partial charge in [-0.15, -0.1) is 0 Å². The highest BCUT2D eigenvalue weighted by Gasteiger charge is 2.41. The molecule has 47 heavy (non-hydrogen) atoms. The first-order valence-corrected chi connectivity index (χ1v) is 16.7. The summed E-state index contributed by atoms with van der Waals surface area (Å²) < 4.78 is 13.4. The van der Waals surface area contributed by atoms with Gasteiger partial charge in [-0.05, 0) is 64.4 Å². The maximum Gasteiger partial charge on any atom is 0.217 e.